The largest absolute Gasteiger partial charge is 0.406 e. The summed E-state index contributed by atoms with van der Waals surface area (Å²) in [5.41, 5.74) is 0. The summed E-state index contributed by atoms with van der Waals surface area (Å²) in [5.74, 6) is 0. The van der Waals surface area contributed by atoms with Gasteiger partial charge in [0.2, 0.25) is 16.6 Å². The summed E-state index contributed by atoms with van der Waals surface area (Å²) >= 11 is 0. The average Bonchev–Trinajstić information content (AvgIpc) is 2.49. The molecule has 23 heavy (non-hydrogen) atoms. The van der Waals surface area contributed by atoms with Gasteiger partial charge in [-0.3, -0.25) is 7.74 Å². The van der Waals surface area contributed by atoms with E-state index in [1.807, 2.05) is 41.5 Å². The molecule has 0 N–H and O–H groups in total. The molecule has 11 heteroatoms. The molecule has 0 spiro atoms. The van der Waals surface area contributed by atoms with Crippen LogP contribution in [0, 0.1) is 0 Å². The van der Waals surface area contributed by atoms with Gasteiger partial charge in [-0.15, -0.1) is 3.63 Å². The lowest BCUT2D eigenvalue weighted by Gasteiger charge is -2.28. The second kappa shape index (κ2) is 9.06. The average molecular weight is 407 g/mol. The van der Waals surface area contributed by atoms with Crippen LogP contribution in [-0.4, -0.2) is 33.5 Å². The quantitative estimate of drug-likeness (QED) is 0.457. The topological polar surface area (TPSA) is 96.0 Å². The van der Waals surface area contributed by atoms with E-state index in [1.54, 1.807) is 0 Å². The molecular weight excluding hydrogens is 376 g/mol. The molecule has 0 atom stereocenters. The SMILES string of the molecule is CC[Si](CC)(CC)OS(=O)(=O)OS(=O)(=O)O[Si](CC)(CC)CC. The van der Waals surface area contributed by atoms with E-state index >= 15 is 0 Å². The van der Waals surface area contributed by atoms with Gasteiger partial charge in [0.1, 0.15) is 0 Å². The first-order chi connectivity index (χ1) is 10.5. The van der Waals surface area contributed by atoms with E-state index < -0.39 is 37.4 Å². The molecule has 0 amide bonds. The Bertz CT molecular complexity index is 485. The minimum absolute atomic E-state index is 0.557. The minimum Gasteiger partial charge on any atom is -0.293 e. The zero-order valence-electron chi connectivity index (χ0n) is 14.9. The molecule has 140 valence electrons. The van der Waals surface area contributed by atoms with E-state index in [0.29, 0.717) is 36.3 Å². The van der Waals surface area contributed by atoms with E-state index in [2.05, 4.69) is 3.63 Å². The van der Waals surface area contributed by atoms with Crippen molar-refractivity contribution >= 4 is 37.4 Å². The predicted molar refractivity (Wildman–Crippen MR) is 95.5 cm³/mol. The van der Waals surface area contributed by atoms with Crippen molar-refractivity contribution in [2.75, 3.05) is 0 Å². The van der Waals surface area contributed by atoms with Crippen LogP contribution in [0.4, 0.5) is 0 Å². The van der Waals surface area contributed by atoms with E-state index in [-0.39, 0.29) is 0 Å². The predicted octanol–water partition coefficient (Wildman–Crippen LogP) is 3.54. The van der Waals surface area contributed by atoms with Crippen molar-refractivity contribution in [3.05, 3.63) is 0 Å². The van der Waals surface area contributed by atoms with Crippen molar-refractivity contribution < 1.29 is 28.2 Å². The zero-order valence-corrected chi connectivity index (χ0v) is 18.5. The summed E-state index contributed by atoms with van der Waals surface area (Å²) in [4.78, 5) is 0. The Labute approximate surface area is 143 Å². The standard InChI is InChI=1S/C12H30O7S2Si2/c1-7-22(8-2,9-3)18-20(13,14)17-21(15,16)19-23(10-4,11-5)12-6/h7-12H2,1-6H3. The van der Waals surface area contributed by atoms with Crippen molar-refractivity contribution in [1.82, 2.24) is 0 Å². The first kappa shape index (κ1) is 23.2. The Balaban J connectivity index is 5.30. The monoisotopic (exact) mass is 406 g/mol. The van der Waals surface area contributed by atoms with Crippen LogP contribution in [0.15, 0.2) is 0 Å². The molecule has 7 nitrogen and oxygen atoms in total. The number of rotatable bonds is 12. The molecule has 0 radical (unpaired) electrons. The van der Waals surface area contributed by atoms with E-state index in [9.17, 15) is 16.8 Å². The van der Waals surface area contributed by atoms with Gasteiger partial charge in [0.15, 0.2) is 0 Å². The smallest absolute Gasteiger partial charge is 0.293 e. The van der Waals surface area contributed by atoms with Crippen LogP contribution in [0.5, 0.6) is 0 Å². The highest BCUT2D eigenvalue weighted by molar-refractivity contribution is 7.96. The van der Waals surface area contributed by atoms with Crippen molar-refractivity contribution in [2.24, 2.45) is 0 Å². The molecule has 0 fully saturated rings. The zero-order chi connectivity index (χ0) is 18.4. The summed E-state index contributed by atoms with van der Waals surface area (Å²) in [7, 11) is -14.4. The Kier molecular flexibility index (Phi) is 9.15. The summed E-state index contributed by atoms with van der Waals surface area (Å²) in [6.45, 7) is 11.0. The highest BCUT2D eigenvalue weighted by Crippen LogP contribution is 2.28. The first-order valence-electron chi connectivity index (χ1n) is 8.11. The molecule has 0 aromatic heterocycles. The van der Waals surface area contributed by atoms with Crippen molar-refractivity contribution in [1.29, 1.82) is 0 Å². The van der Waals surface area contributed by atoms with Crippen molar-refractivity contribution in [3.8, 4) is 0 Å². The number of hydrogen-bond acceptors (Lipinski definition) is 7. The van der Waals surface area contributed by atoms with Crippen molar-refractivity contribution in [3.63, 3.8) is 0 Å². The highest BCUT2D eigenvalue weighted by atomic mass is 32.3. The van der Waals surface area contributed by atoms with E-state index in [0.717, 1.165) is 0 Å². The fourth-order valence-corrected chi connectivity index (χ4v) is 13.2. The Hall–Kier alpha value is 0.214. The van der Waals surface area contributed by atoms with E-state index in [1.165, 1.54) is 0 Å². The van der Waals surface area contributed by atoms with Gasteiger partial charge in [-0.1, -0.05) is 41.5 Å². The molecule has 0 saturated carbocycles. The van der Waals surface area contributed by atoms with Gasteiger partial charge in [0.25, 0.3) is 0 Å². The third kappa shape index (κ3) is 6.92. The van der Waals surface area contributed by atoms with Gasteiger partial charge < -0.3 is 0 Å². The Morgan fingerprint density at radius 2 is 0.783 bits per heavy atom. The van der Waals surface area contributed by atoms with Crippen molar-refractivity contribution in [2.45, 2.75) is 77.8 Å². The summed E-state index contributed by atoms with van der Waals surface area (Å²) in [5, 5.41) is 0. The molecule has 0 aliphatic heterocycles. The highest BCUT2D eigenvalue weighted by Gasteiger charge is 2.41. The molecule has 0 unspecified atom stereocenters. The Morgan fingerprint density at radius 3 is 0.957 bits per heavy atom. The first-order valence-corrected chi connectivity index (χ1v) is 15.8. The molecule has 0 aromatic carbocycles. The second-order valence-corrected chi connectivity index (χ2v) is 18.0. The lowest BCUT2D eigenvalue weighted by molar-refractivity contribution is 0.344. The van der Waals surface area contributed by atoms with Gasteiger partial charge in [-0.05, 0) is 36.3 Å². The maximum atomic E-state index is 12.0. The van der Waals surface area contributed by atoms with Gasteiger partial charge >= 0.3 is 20.8 Å². The van der Waals surface area contributed by atoms with Crippen LogP contribution >= 0.6 is 0 Å². The fourth-order valence-electron chi connectivity index (χ4n) is 2.42. The molecule has 0 aliphatic carbocycles. The van der Waals surface area contributed by atoms with Gasteiger partial charge in [0.05, 0.1) is 0 Å². The maximum Gasteiger partial charge on any atom is 0.406 e. The Morgan fingerprint density at radius 1 is 0.565 bits per heavy atom. The molecule has 0 heterocycles. The molecule has 0 aliphatic rings. The van der Waals surface area contributed by atoms with Crippen LogP contribution in [0.25, 0.3) is 0 Å². The third-order valence-corrected chi connectivity index (χ3v) is 18.1. The van der Waals surface area contributed by atoms with Crippen LogP contribution < -0.4 is 0 Å². The van der Waals surface area contributed by atoms with Crippen LogP contribution in [0.1, 0.15) is 41.5 Å². The maximum absolute atomic E-state index is 12.0. The van der Waals surface area contributed by atoms with E-state index in [4.69, 9.17) is 7.74 Å². The number of hydrogen-bond donors (Lipinski definition) is 0. The molecule has 0 saturated heterocycles. The lowest BCUT2D eigenvalue weighted by Crippen LogP contribution is -2.42. The molecule has 0 aromatic rings. The van der Waals surface area contributed by atoms with Crippen LogP contribution in [0.3, 0.4) is 0 Å². The lowest BCUT2D eigenvalue weighted by atomic mass is 10.9. The van der Waals surface area contributed by atoms with Crippen LogP contribution in [-0.2, 0) is 32.2 Å². The molecule has 0 rings (SSSR count). The molecule has 0 bridgehead atoms. The van der Waals surface area contributed by atoms with Gasteiger partial charge in [0, 0.05) is 0 Å². The van der Waals surface area contributed by atoms with Gasteiger partial charge in [-0.2, -0.15) is 16.8 Å². The summed E-state index contributed by atoms with van der Waals surface area (Å²) in [6.07, 6.45) is 0. The molecular formula is C12H30O7S2Si2. The van der Waals surface area contributed by atoms with Gasteiger partial charge in [-0.25, -0.2) is 0 Å². The third-order valence-electron chi connectivity index (χ3n) is 4.59. The summed E-state index contributed by atoms with van der Waals surface area (Å²) < 4.78 is 62.8. The second-order valence-electron chi connectivity index (χ2n) is 5.54. The van der Waals surface area contributed by atoms with Crippen LogP contribution in [0.2, 0.25) is 36.3 Å². The fraction of sp³-hybridized carbons (Fsp3) is 1.00. The normalized spacial score (nSPS) is 14.2. The summed E-state index contributed by atoms with van der Waals surface area (Å²) in [6, 6.07) is 3.34. The minimum atomic E-state index is -4.66.